The van der Waals surface area contributed by atoms with E-state index >= 15 is 0 Å². The molecule has 0 aromatic heterocycles. The zero-order valence-corrected chi connectivity index (χ0v) is 17.5. The predicted molar refractivity (Wildman–Crippen MR) is 116 cm³/mol. The Morgan fingerprint density at radius 3 is 2.11 bits per heavy atom. The molecule has 0 spiro atoms. The first-order valence-electron chi connectivity index (χ1n) is 9.56. The van der Waals surface area contributed by atoms with E-state index in [1.165, 1.54) is 22.2 Å². The third-order valence-corrected chi connectivity index (χ3v) is 5.56. The van der Waals surface area contributed by atoms with Crippen molar-refractivity contribution in [2.24, 2.45) is 0 Å². The number of hydrogen-bond donors (Lipinski definition) is 0. The van der Waals surface area contributed by atoms with E-state index < -0.39 is 0 Å². The number of anilines is 1. The van der Waals surface area contributed by atoms with Gasteiger partial charge in [-0.15, -0.1) is 11.8 Å². The average molecular weight is 396 g/mol. The van der Waals surface area contributed by atoms with Crippen LogP contribution in [0.5, 0.6) is 5.75 Å². The highest BCUT2D eigenvalue weighted by Crippen LogP contribution is 2.38. The van der Waals surface area contributed by atoms with E-state index in [9.17, 15) is 9.59 Å². The van der Waals surface area contributed by atoms with Gasteiger partial charge >= 0.3 is 0 Å². The number of rotatable bonds is 7. The molecule has 0 N–H and O–H groups in total. The first kappa shape index (κ1) is 20.2. The standard InChI is InChI=1S/C23H25NO3S/c1-5-27-19-13-9-17(10-14-19)20-21(28-6-2)23(26)24(22(20)25)18-11-7-16(8-12-18)15(3)4/h7-15H,5-6H2,1-4H3. The van der Waals surface area contributed by atoms with E-state index in [4.69, 9.17) is 4.74 Å². The smallest absolute Gasteiger partial charge is 0.272 e. The van der Waals surface area contributed by atoms with Crippen LogP contribution in [0.1, 0.15) is 44.7 Å². The third-order valence-electron chi connectivity index (χ3n) is 4.60. The van der Waals surface area contributed by atoms with E-state index in [-0.39, 0.29) is 11.8 Å². The van der Waals surface area contributed by atoms with Crippen LogP contribution in [0, 0.1) is 0 Å². The summed E-state index contributed by atoms with van der Waals surface area (Å²) in [4.78, 5) is 28.1. The van der Waals surface area contributed by atoms with Gasteiger partial charge in [0, 0.05) is 0 Å². The fourth-order valence-corrected chi connectivity index (χ4v) is 4.02. The highest BCUT2D eigenvalue weighted by molar-refractivity contribution is 8.04. The molecule has 4 nitrogen and oxygen atoms in total. The molecule has 0 bridgehead atoms. The Morgan fingerprint density at radius 2 is 1.57 bits per heavy atom. The Bertz CT molecular complexity index is 898. The second-order valence-corrected chi connectivity index (χ2v) is 8.06. The number of hydrogen-bond acceptors (Lipinski definition) is 4. The Morgan fingerprint density at radius 1 is 0.929 bits per heavy atom. The van der Waals surface area contributed by atoms with Crippen LogP contribution in [0.4, 0.5) is 5.69 Å². The fraction of sp³-hybridized carbons (Fsp3) is 0.304. The van der Waals surface area contributed by atoms with Crippen molar-refractivity contribution in [1.82, 2.24) is 0 Å². The number of ether oxygens (including phenoxy) is 1. The van der Waals surface area contributed by atoms with Gasteiger partial charge in [-0.3, -0.25) is 9.59 Å². The van der Waals surface area contributed by atoms with Crippen molar-refractivity contribution in [3.8, 4) is 5.75 Å². The quantitative estimate of drug-likeness (QED) is 0.601. The molecule has 0 fully saturated rings. The van der Waals surface area contributed by atoms with Gasteiger partial charge in [0.15, 0.2) is 0 Å². The lowest BCUT2D eigenvalue weighted by Gasteiger charge is -2.16. The maximum atomic E-state index is 13.2. The van der Waals surface area contributed by atoms with Gasteiger partial charge in [0.25, 0.3) is 11.8 Å². The molecule has 28 heavy (non-hydrogen) atoms. The number of nitrogens with zero attached hydrogens (tertiary/aromatic N) is 1. The first-order chi connectivity index (χ1) is 13.5. The summed E-state index contributed by atoms with van der Waals surface area (Å²) in [5, 5.41) is 0. The van der Waals surface area contributed by atoms with E-state index in [1.807, 2.05) is 62.4 Å². The molecule has 5 heteroatoms. The van der Waals surface area contributed by atoms with Crippen LogP contribution in [0.25, 0.3) is 5.57 Å². The molecule has 1 aliphatic rings. The number of carbonyl (C=O) groups excluding carboxylic acids is 2. The molecule has 2 aromatic carbocycles. The Balaban J connectivity index is 1.98. The highest BCUT2D eigenvalue weighted by Gasteiger charge is 2.39. The second kappa shape index (κ2) is 8.65. The molecule has 1 heterocycles. The number of amides is 2. The topological polar surface area (TPSA) is 46.6 Å². The number of imide groups is 1. The number of carbonyl (C=O) groups is 2. The van der Waals surface area contributed by atoms with Crippen LogP contribution in [-0.4, -0.2) is 24.2 Å². The molecule has 0 unspecified atom stereocenters. The lowest BCUT2D eigenvalue weighted by molar-refractivity contribution is -0.119. The normalized spacial score (nSPS) is 14.4. The summed E-state index contributed by atoms with van der Waals surface area (Å²) >= 11 is 1.41. The third kappa shape index (κ3) is 3.85. The van der Waals surface area contributed by atoms with Crippen LogP contribution in [0.15, 0.2) is 53.4 Å². The average Bonchev–Trinajstić information content (AvgIpc) is 2.93. The van der Waals surface area contributed by atoms with Crippen LogP contribution < -0.4 is 9.64 Å². The molecular formula is C23H25NO3S. The van der Waals surface area contributed by atoms with Crippen molar-refractivity contribution in [1.29, 1.82) is 0 Å². The predicted octanol–water partition coefficient (Wildman–Crippen LogP) is 5.25. The SMILES string of the molecule is CCOc1ccc(C2=C(SCC)C(=O)N(c3ccc(C(C)C)cc3)C2=O)cc1. The summed E-state index contributed by atoms with van der Waals surface area (Å²) in [6.45, 7) is 8.71. The monoisotopic (exact) mass is 395 g/mol. The zero-order valence-electron chi connectivity index (χ0n) is 16.7. The Kier molecular flexibility index (Phi) is 6.25. The molecule has 146 valence electrons. The van der Waals surface area contributed by atoms with Gasteiger partial charge in [0.05, 0.1) is 22.8 Å². The maximum absolute atomic E-state index is 13.2. The van der Waals surface area contributed by atoms with Crippen LogP contribution in [0.2, 0.25) is 0 Å². The summed E-state index contributed by atoms with van der Waals surface area (Å²) in [6, 6.07) is 15.0. The molecule has 0 saturated heterocycles. The number of benzene rings is 2. The van der Waals surface area contributed by atoms with E-state index in [0.717, 1.165) is 17.1 Å². The largest absolute Gasteiger partial charge is 0.494 e. The van der Waals surface area contributed by atoms with E-state index in [2.05, 4.69) is 13.8 Å². The minimum absolute atomic E-state index is 0.252. The molecular weight excluding hydrogens is 370 g/mol. The van der Waals surface area contributed by atoms with Gasteiger partial charge in [-0.2, -0.15) is 0 Å². The van der Waals surface area contributed by atoms with Crippen LogP contribution >= 0.6 is 11.8 Å². The zero-order chi connectivity index (χ0) is 20.3. The summed E-state index contributed by atoms with van der Waals surface area (Å²) in [7, 11) is 0. The molecule has 2 amide bonds. The lowest BCUT2D eigenvalue weighted by Crippen LogP contribution is -2.31. The summed E-state index contributed by atoms with van der Waals surface area (Å²) in [5.74, 6) is 1.33. The molecule has 0 atom stereocenters. The second-order valence-electron chi connectivity index (χ2n) is 6.79. The van der Waals surface area contributed by atoms with Crippen molar-refractivity contribution >= 4 is 34.8 Å². The maximum Gasteiger partial charge on any atom is 0.272 e. The van der Waals surface area contributed by atoms with Gasteiger partial charge in [-0.25, -0.2) is 4.90 Å². The van der Waals surface area contributed by atoms with Gasteiger partial charge < -0.3 is 4.74 Å². The summed E-state index contributed by atoms with van der Waals surface area (Å²) in [5.41, 5.74) is 2.98. The fourth-order valence-electron chi connectivity index (χ4n) is 3.17. The van der Waals surface area contributed by atoms with Crippen molar-refractivity contribution in [2.75, 3.05) is 17.3 Å². The Hall–Kier alpha value is -2.53. The van der Waals surface area contributed by atoms with Crippen molar-refractivity contribution < 1.29 is 14.3 Å². The number of thioether (sulfide) groups is 1. The van der Waals surface area contributed by atoms with Gasteiger partial charge in [-0.1, -0.05) is 45.0 Å². The molecule has 3 rings (SSSR count). The molecule has 0 radical (unpaired) electrons. The van der Waals surface area contributed by atoms with Crippen molar-refractivity contribution in [2.45, 2.75) is 33.6 Å². The van der Waals surface area contributed by atoms with Gasteiger partial charge in [-0.05, 0) is 54.0 Å². The van der Waals surface area contributed by atoms with Crippen molar-refractivity contribution in [3.63, 3.8) is 0 Å². The minimum atomic E-state index is -0.276. The van der Waals surface area contributed by atoms with E-state index in [1.54, 1.807) is 0 Å². The van der Waals surface area contributed by atoms with Gasteiger partial charge in [0.1, 0.15) is 5.75 Å². The summed E-state index contributed by atoms with van der Waals surface area (Å²) in [6.07, 6.45) is 0. The molecule has 1 aliphatic heterocycles. The molecule has 0 aliphatic carbocycles. The van der Waals surface area contributed by atoms with Gasteiger partial charge in [0.2, 0.25) is 0 Å². The first-order valence-corrected chi connectivity index (χ1v) is 10.6. The molecule has 0 saturated carbocycles. The Labute approximate surface area is 170 Å². The van der Waals surface area contributed by atoms with Crippen molar-refractivity contribution in [3.05, 3.63) is 64.6 Å². The van der Waals surface area contributed by atoms with E-state index in [0.29, 0.717) is 28.7 Å². The summed E-state index contributed by atoms with van der Waals surface area (Å²) < 4.78 is 5.48. The lowest BCUT2D eigenvalue weighted by atomic mass is 10.0. The van der Waals surface area contributed by atoms with Crippen LogP contribution in [0.3, 0.4) is 0 Å². The minimum Gasteiger partial charge on any atom is -0.494 e. The highest BCUT2D eigenvalue weighted by atomic mass is 32.2. The molecule has 2 aromatic rings. The van der Waals surface area contributed by atoms with Crippen LogP contribution in [-0.2, 0) is 9.59 Å².